The van der Waals surface area contributed by atoms with E-state index in [1.54, 1.807) is 13.0 Å². The first-order valence-electron chi connectivity index (χ1n) is 5.42. The minimum atomic E-state index is -1.06. The molecule has 1 aliphatic rings. The Morgan fingerprint density at radius 1 is 1.60 bits per heavy atom. The fraction of sp³-hybridized carbons (Fsp3) is 0.583. The number of hydrogen-bond donors (Lipinski definition) is 1. The van der Waals surface area contributed by atoms with Crippen molar-refractivity contribution in [2.24, 2.45) is 5.92 Å². The maximum Gasteiger partial charge on any atom is 0.147 e. The second-order valence-corrected chi connectivity index (χ2v) is 4.63. The lowest BCUT2D eigenvalue weighted by Crippen LogP contribution is -2.29. The van der Waals surface area contributed by atoms with Gasteiger partial charge < -0.3 is 5.11 Å². The molecule has 1 aliphatic carbocycles. The van der Waals surface area contributed by atoms with Crippen LogP contribution in [0.4, 0.5) is 4.39 Å². The second kappa shape index (κ2) is 3.89. The van der Waals surface area contributed by atoms with Crippen molar-refractivity contribution in [1.82, 2.24) is 4.98 Å². The zero-order valence-electron chi connectivity index (χ0n) is 8.91. The summed E-state index contributed by atoms with van der Waals surface area (Å²) in [4.78, 5) is 3.69. The molecule has 0 saturated heterocycles. The van der Waals surface area contributed by atoms with Crippen molar-refractivity contribution >= 4 is 0 Å². The van der Waals surface area contributed by atoms with Gasteiger partial charge in [0.05, 0.1) is 11.8 Å². The van der Waals surface area contributed by atoms with Gasteiger partial charge in [0.15, 0.2) is 0 Å². The molecule has 0 spiro atoms. The van der Waals surface area contributed by atoms with E-state index in [4.69, 9.17) is 0 Å². The van der Waals surface area contributed by atoms with E-state index < -0.39 is 11.4 Å². The van der Waals surface area contributed by atoms with E-state index in [9.17, 15) is 9.50 Å². The molecule has 0 aromatic carbocycles. The van der Waals surface area contributed by atoms with Crippen molar-refractivity contribution < 1.29 is 9.50 Å². The van der Waals surface area contributed by atoms with Gasteiger partial charge in [-0.25, -0.2) is 4.39 Å². The largest absolute Gasteiger partial charge is 0.385 e. The molecule has 1 heterocycles. The first-order chi connectivity index (χ1) is 7.09. The van der Waals surface area contributed by atoms with Crippen LogP contribution in [0.25, 0.3) is 0 Å². The van der Waals surface area contributed by atoms with Crippen LogP contribution in [0.1, 0.15) is 38.2 Å². The molecule has 1 aromatic rings. The van der Waals surface area contributed by atoms with Crippen molar-refractivity contribution in [2.75, 3.05) is 0 Å². The summed E-state index contributed by atoms with van der Waals surface area (Å²) in [5.74, 6) is 0.134. The van der Waals surface area contributed by atoms with Gasteiger partial charge >= 0.3 is 0 Å². The number of nitrogens with zero attached hydrogens (tertiary/aromatic N) is 1. The molecule has 1 N–H and O–H groups in total. The highest BCUT2D eigenvalue weighted by Crippen LogP contribution is 2.38. The van der Waals surface area contributed by atoms with Crippen molar-refractivity contribution in [3.8, 4) is 0 Å². The first-order valence-corrected chi connectivity index (χ1v) is 5.42. The molecule has 1 fully saturated rings. The fourth-order valence-corrected chi connectivity index (χ4v) is 2.18. The molecule has 82 valence electrons. The summed E-state index contributed by atoms with van der Waals surface area (Å²) in [7, 11) is 0. The van der Waals surface area contributed by atoms with Gasteiger partial charge in [-0.1, -0.05) is 19.3 Å². The van der Waals surface area contributed by atoms with Gasteiger partial charge in [-0.05, 0) is 25.3 Å². The normalized spacial score (nSPS) is 20.7. The van der Waals surface area contributed by atoms with Crippen LogP contribution in [0.15, 0.2) is 18.5 Å². The van der Waals surface area contributed by atoms with Crippen LogP contribution in [-0.2, 0) is 5.60 Å². The highest BCUT2D eigenvalue weighted by atomic mass is 19.1. The fourth-order valence-electron chi connectivity index (χ4n) is 2.18. The van der Waals surface area contributed by atoms with Crippen molar-refractivity contribution in [3.05, 3.63) is 29.8 Å². The number of halogens is 1. The lowest BCUT2D eigenvalue weighted by Gasteiger charge is -2.33. The topological polar surface area (TPSA) is 33.1 Å². The average Bonchev–Trinajstić information content (AvgIpc) is 2.12. The van der Waals surface area contributed by atoms with E-state index in [0.29, 0.717) is 17.9 Å². The molecule has 1 saturated carbocycles. The Morgan fingerprint density at radius 3 is 2.87 bits per heavy atom. The van der Waals surface area contributed by atoms with Gasteiger partial charge in [0.2, 0.25) is 0 Å². The third-order valence-electron chi connectivity index (χ3n) is 3.26. The molecule has 0 aliphatic heterocycles. The van der Waals surface area contributed by atoms with Crippen LogP contribution >= 0.6 is 0 Å². The van der Waals surface area contributed by atoms with Gasteiger partial charge in [0.25, 0.3) is 0 Å². The SMILES string of the molecule is CC(O)(CC1CCC1)c1ccncc1F. The highest BCUT2D eigenvalue weighted by molar-refractivity contribution is 5.20. The van der Waals surface area contributed by atoms with Gasteiger partial charge in [-0.15, -0.1) is 0 Å². The Balaban J connectivity index is 2.16. The molecular formula is C12H16FNO. The third kappa shape index (κ3) is 2.17. The van der Waals surface area contributed by atoms with Gasteiger partial charge in [0, 0.05) is 11.8 Å². The summed E-state index contributed by atoms with van der Waals surface area (Å²) < 4.78 is 13.4. The van der Waals surface area contributed by atoms with E-state index in [1.165, 1.54) is 12.6 Å². The standard InChI is InChI=1S/C12H16FNO/c1-12(15,7-9-3-2-4-9)10-5-6-14-8-11(10)13/h5-6,8-9,15H,2-4,7H2,1H3. The zero-order chi connectivity index (χ0) is 10.9. The smallest absolute Gasteiger partial charge is 0.147 e. The monoisotopic (exact) mass is 209 g/mol. The molecule has 1 aromatic heterocycles. The average molecular weight is 209 g/mol. The number of rotatable bonds is 3. The minimum absolute atomic E-state index is 0.365. The summed E-state index contributed by atoms with van der Waals surface area (Å²) in [6.07, 6.45) is 6.87. The van der Waals surface area contributed by atoms with Crippen LogP contribution in [-0.4, -0.2) is 10.1 Å². The Bertz CT molecular complexity index is 347. The molecule has 0 radical (unpaired) electrons. The number of hydrogen-bond acceptors (Lipinski definition) is 2. The van der Waals surface area contributed by atoms with Crippen molar-refractivity contribution in [1.29, 1.82) is 0 Å². The number of pyridine rings is 1. The van der Waals surface area contributed by atoms with E-state index in [2.05, 4.69) is 4.98 Å². The molecule has 2 nitrogen and oxygen atoms in total. The summed E-state index contributed by atoms with van der Waals surface area (Å²) in [6.45, 7) is 1.68. The van der Waals surface area contributed by atoms with Crippen molar-refractivity contribution in [2.45, 2.75) is 38.2 Å². The summed E-state index contributed by atoms with van der Waals surface area (Å²) in [5.41, 5.74) is -0.692. The number of aliphatic hydroxyl groups is 1. The Kier molecular flexibility index (Phi) is 2.74. The molecule has 2 rings (SSSR count). The van der Waals surface area contributed by atoms with Gasteiger partial charge in [-0.3, -0.25) is 4.98 Å². The summed E-state index contributed by atoms with van der Waals surface area (Å²) >= 11 is 0. The van der Waals surface area contributed by atoms with Crippen LogP contribution < -0.4 is 0 Å². The lowest BCUT2D eigenvalue weighted by atomic mass is 9.76. The van der Waals surface area contributed by atoms with E-state index >= 15 is 0 Å². The molecule has 0 bridgehead atoms. The predicted molar refractivity (Wildman–Crippen MR) is 55.7 cm³/mol. The molecular weight excluding hydrogens is 193 g/mol. The molecule has 1 unspecified atom stereocenters. The van der Waals surface area contributed by atoms with Crippen LogP contribution in [0.5, 0.6) is 0 Å². The summed E-state index contributed by atoms with van der Waals surface area (Å²) in [6, 6.07) is 1.56. The maximum absolute atomic E-state index is 13.4. The van der Waals surface area contributed by atoms with E-state index in [-0.39, 0.29) is 0 Å². The van der Waals surface area contributed by atoms with E-state index in [1.807, 2.05) is 0 Å². The summed E-state index contributed by atoms with van der Waals surface area (Å²) in [5, 5.41) is 10.2. The van der Waals surface area contributed by atoms with Crippen LogP contribution in [0, 0.1) is 11.7 Å². The lowest BCUT2D eigenvalue weighted by molar-refractivity contribution is 0.0130. The van der Waals surface area contributed by atoms with Crippen molar-refractivity contribution in [3.63, 3.8) is 0 Å². The first kappa shape index (κ1) is 10.6. The zero-order valence-corrected chi connectivity index (χ0v) is 8.91. The van der Waals surface area contributed by atoms with Gasteiger partial charge in [-0.2, -0.15) is 0 Å². The molecule has 3 heteroatoms. The number of aromatic nitrogens is 1. The third-order valence-corrected chi connectivity index (χ3v) is 3.26. The van der Waals surface area contributed by atoms with Crippen LogP contribution in [0.3, 0.4) is 0 Å². The predicted octanol–water partition coefficient (Wildman–Crippen LogP) is 2.62. The second-order valence-electron chi connectivity index (χ2n) is 4.63. The minimum Gasteiger partial charge on any atom is -0.385 e. The quantitative estimate of drug-likeness (QED) is 0.830. The Hall–Kier alpha value is -0.960. The van der Waals surface area contributed by atoms with Gasteiger partial charge in [0.1, 0.15) is 5.82 Å². The molecule has 0 amide bonds. The Morgan fingerprint density at radius 2 is 2.33 bits per heavy atom. The Labute approximate surface area is 89.2 Å². The van der Waals surface area contributed by atoms with E-state index in [0.717, 1.165) is 19.0 Å². The maximum atomic E-state index is 13.4. The van der Waals surface area contributed by atoms with Crippen LogP contribution in [0.2, 0.25) is 0 Å². The molecule has 15 heavy (non-hydrogen) atoms. The highest BCUT2D eigenvalue weighted by Gasteiger charge is 2.32. The molecule has 1 atom stereocenters.